The molecule has 1 saturated carbocycles. The van der Waals surface area contributed by atoms with E-state index in [1.165, 1.54) is 0 Å². The molecule has 21 heavy (non-hydrogen) atoms. The van der Waals surface area contributed by atoms with Crippen LogP contribution in [0.3, 0.4) is 0 Å². The summed E-state index contributed by atoms with van der Waals surface area (Å²) >= 11 is 12.3. The summed E-state index contributed by atoms with van der Waals surface area (Å²) in [6, 6.07) is 6.10. The highest BCUT2D eigenvalue weighted by Gasteiger charge is 2.47. The number of piperidine rings is 1. The minimum atomic E-state index is 0.0802. The highest BCUT2D eigenvalue weighted by atomic mass is 35.5. The van der Waals surface area contributed by atoms with Gasteiger partial charge in [-0.1, -0.05) is 35.3 Å². The van der Waals surface area contributed by atoms with Gasteiger partial charge in [-0.3, -0.25) is 4.79 Å². The Bertz CT molecular complexity index is 549. The van der Waals surface area contributed by atoms with E-state index in [4.69, 9.17) is 23.2 Å². The lowest BCUT2D eigenvalue weighted by Gasteiger charge is -2.32. The topological polar surface area (TPSA) is 32.3 Å². The predicted molar refractivity (Wildman–Crippen MR) is 86.0 cm³/mol. The number of likely N-dealkylation sites (N-methyl/N-ethyl adjacent to an activating group) is 1. The summed E-state index contributed by atoms with van der Waals surface area (Å²) in [5, 5.41) is 4.45. The van der Waals surface area contributed by atoms with Crippen LogP contribution in [0.1, 0.15) is 30.7 Å². The SMILES string of the molecule is CNC1CCCN(C(=O)C2CC2c2cccc(Cl)c2Cl)C1. The summed E-state index contributed by atoms with van der Waals surface area (Å²) in [6.07, 6.45) is 3.11. The van der Waals surface area contributed by atoms with Crippen LogP contribution in [0.25, 0.3) is 0 Å². The fourth-order valence-corrected chi connectivity index (χ4v) is 3.71. The predicted octanol–water partition coefficient (Wildman–Crippen LogP) is 3.31. The Morgan fingerprint density at radius 1 is 1.38 bits per heavy atom. The Morgan fingerprint density at radius 2 is 2.19 bits per heavy atom. The fourth-order valence-electron chi connectivity index (χ4n) is 3.27. The molecule has 1 aromatic carbocycles. The van der Waals surface area contributed by atoms with Crippen LogP contribution in [0.4, 0.5) is 0 Å². The molecule has 5 heteroatoms. The van der Waals surface area contributed by atoms with Crippen molar-refractivity contribution in [3.63, 3.8) is 0 Å². The third-order valence-electron chi connectivity index (χ3n) is 4.63. The summed E-state index contributed by atoms with van der Waals surface area (Å²) in [4.78, 5) is 14.6. The summed E-state index contributed by atoms with van der Waals surface area (Å²) in [6.45, 7) is 1.70. The van der Waals surface area contributed by atoms with Crippen molar-refractivity contribution in [2.24, 2.45) is 5.92 Å². The zero-order valence-corrected chi connectivity index (χ0v) is 13.6. The van der Waals surface area contributed by atoms with Crippen LogP contribution in [0.15, 0.2) is 18.2 Å². The van der Waals surface area contributed by atoms with Crippen LogP contribution < -0.4 is 5.32 Å². The van der Waals surface area contributed by atoms with Crippen molar-refractivity contribution in [1.82, 2.24) is 10.2 Å². The molecular formula is C16H20Cl2N2O. The van der Waals surface area contributed by atoms with Gasteiger partial charge >= 0.3 is 0 Å². The van der Waals surface area contributed by atoms with E-state index >= 15 is 0 Å². The van der Waals surface area contributed by atoms with Gasteiger partial charge in [0, 0.05) is 25.0 Å². The third-order valence-corrected chi connectivity index (χ3v) is 5.46. The number of halogens is 2. The van der Waals surface area contributed by atoms with Crippen molar-refractivity contribution in [1.29, 1.82) is 0 Å². The van der Waals surface area contributed by atoms with E-state index in [0.717, 1.165) is 37.9 Å². The number of nitrogens with one attached hydrogen (secondary N) is 1. The van der Waals surface area contributed by atoms with Gasteiger partial charge in [0.05, 0.1) is 10.0 Å². The molecule has 1 heterocycles. The second-order valence-corrected chi connectivity index (χ2v) is 6.79. The van der Waals surface area contributed by atoms with Crippen LogP contribution in [0.2, 0.25) is 10.0 Å². The number of nitrogens with zero attached hydrogens (tertiary/aromatic N) is 1. The monoisotopic (exact) mass is 326 g/mol. The van der Waals surface area contributed by atoms with E-state index < -0.39 is 0 Å². The van der Waals surface area contributed by atoms with E-state index in [2.05, 4.69) is 5.32 Å². The van der Waals surface area contributed by atoms with Gasteiger partial charge in [-0.05, 0) is 43.9 Å². The molecule has 1 saturated heterocycles. The molecule has 2 fully saturated rings. The Balaban J connectivity index is 1.67. The first kappa shape index (κ1) is 15.1. The standard InChI is InChI=1S/C16H20Cl2N2O/c1-19-10-4-3-7-20(9-10)16(21)13-8-12(13)11-5-2-6-14(17)15(11)18/h2,5-6,10,12-13,19H,3-4,7-9H2,1H3. The first-order chi connectivity index (χ1) is 10.1. The van der Waals surface area contributed by atoms with Gasteiger partial charge in [0.2, 0.25) is 5.91 Å². The molecule has 1 amide bonds. The van der Waals surface area contributed by atoms with E-state index in [1.807, 2.05) is 24.1 Å². The summed E-state index contributed by atoms with van der Waals surface area (Å²) in [5.74, 6) is 0.589. The molecule has 3 atom stereocenters. The van der Waals surface area contributed by atoms with E-state index in [-0.39, 0.29) is 17.7 Å². The quantitative estimate of drug-likeness (QED) is 0.924. The van der Waals surface area contributed by atoms with Gasteiger partial charge in [-0.25, -0.2) is 0 Å². The Morgan fingerprint density at radius 3 is 2.95 bits per heavy atom. The van der Waals surface area contributed by atoms with Crippen LogP contribution in [0, 0.1) is 5.92 Å². The second-order valence-electron chi connectivity index (χ2n) is 6.00. The largest absolute Gasteiger partial charge is 0.341 e. The molecule has 0 aromatic heterocycles. The average Bonchev–Trinajstić information content (AvgIpc) is 3.29. The van der Waals surface area contributed by atoms with Gasteiger partial charge in [0.1, 0.15) is 0 Å². The highest BCUT2D eigenvalue weighted by Crippen LogP contribution is 2.51. The van der Waals surface area contributed by atoms with Gasteiger partial charge in [-0.15, -0.1) is 0 Å². The smallest absolute Gasteiger partial charge is 0.226 e. The molecule has 0 radical (unpaired) electrons. The Kier molecular flexibility index (Phi) is 4.43. The average molecular weight is 327 g/mol. The van der Waals surface area contributed by atoms with Crippen LogP contribution in [-0.2, 0) is 4.79 Å². The lowest BCUT2D eigenvalue weighted by atomic mass is 10.0. The first-order valence-electron chi connectivity index (χ1n) is 7.51. The first-order valence-corrected chi connectivity index (χ1v) is 8.27. The lowest BCUT2D eigenvalue weighted by Crippen LogP contribution is -2.47. The maximum atomic E-state index is 12.6. The van der Waals surface area contributed by atoms with Crippen molar-refractivity contribution in [2.45, 2.75) is 31.2 Å². The van der Waals surface area contributed by atoms with Gasteiger partial charge < -0.3 is 10.2 Å². The maximum Gasteiger partial charge on any atom is 0.226 e. The molecule has 3 nitrogen and oxygen atoms in total. The van der Waals surface area contributed by atoms with E-state index in [1.54, 1.807) is 6.07 Å². The van der Waals surface area contributed by atoms with Crippen LogP contribution >= 0.6 is 23.2 Å². The molecule has 0 spiro atoms. The van der Waals surface area contributed by atoms with Gasteiger partial charge in [-0.2, -0.15) is 0 Å². The van der Waals surface area contributed by atoms with Crippen molar-refractivity contribution < 1.29 is 4.79 Å². The number of carbonyl (C=O) groups excluding carboxylic acids is 1. The number of rotatable bonds is 3. The molecule has 114 valence electrons. The molecule has 3 rings (SSSR count). The number of benzene rings is 1. The molecule has 1 aromatic rings. The molecule has 1 aliphatic heterocycles. The van der Waals surface area contributed by atoms with Crippen molar-refractivity contribution in [2.75, 3.05) is 20.1 Å². The zero-order valence-electron chi connectivity index (χ0n) is 12.1. The Hall–Kier alpha value is -0.770. The number of carbonyl (C=O) groups is 1. The lowest BCUT2D eigenvalue weighted by molar-refractivity contribution is -0.134. The maximum absolute atomic E-state index is 12.6. The normalized spacial score (nSPS) is 28.5. The molecule has 1 N–H and O–H groups in total. The van der Waals surface area contributed by atoms with Crippen LogP contribution in [-0.4, -0.2) is 37.0 Å². The number of likely N-dealkylation sites (tertiary alicyclic amines) is 1. The minimum Gasteiger partial charge on any atom is -0.341 e. The Labute approximate surface area is 135 Å². The molecular weight excluding hydrogens is 307 g/mol. The van der Waals surface area contributed by atoms with Crippen molar-refractivity contribution in [3.8, 4) is 0 Å². The summed E-state index contributed by atoms with van der Waals surface area (Å²) in [7, 11) is 1.96. The van der Waals surface area contributed by atoms with Crippen molar-refractivity contribution in [3.05, 3.63) is 33.8 Å². The van der Waals surface area contributed by atoms with Gasteiger partial charge in [0.15, 0.2) is 0 Å². The molecule has 3 unspecified atom stereocenters. The fraction of sp³-hybridized carbons (Fsp3) is 0.562. The van der Waals surface area contributed by atoms with E-state index in [9.17, 15) is 4.79 Å². The van der Waals surface area contributed by atoms with Crippen LogP contribution in [0.5, 0.6) is 0 Å². The summed E-state index contributed by atoms with van der Waals surface area (Å²) < 4.78 is 0. The zero-order chi connectivity index (χ0) is 15.0. The second kappa shape index (κ2) is 6.15. The minimum absolute atomic E-state index is 0.0802. The highest BCUT2D eigenvalue weighted by molar-refractivity contribution is 6.42. The van der Waals surface area contributed by atoms with E-state index in [0.29, 0.717) is 16.1 Å². The number of hydrogen-bond donors (Lipinski definition) is 1. The molecule has 2 aliphatic rings. The number of amides is 1. The summed E-state index contributed by atoms with van der Waals surface area (Å²) in [5.41, 5.74) is 1.02. The van der Waals surface area contributed by atoms with Crippen molar-refractivity contribution >= 4 is 29.1 Å². The number of hydrogen-bond acceptors (Lipinski definition) is 2. The van der Waals surface area contributed by atoms with Gasteiger partial charge in [0.25, 0.3) is 0 Å². The molecule has 1 aliphatic carbocycles. The third kappa shape index (κ3) is 3.05. The molecule has 0 bridgehead atoms.